The smallest absolute Gasteiger partial charge is 0.412 e. The third-order valence-corrected chi connectivity index (χ3v) is 4.74. The molecule has 0 aromatic heterocycles. The van der Waals surface area contributed by atoms with Crippen molar-refractivity contribution in [2.45, 2.75) is 38.3 Å². The minimum atomic E-state index is -0.901. The number of aliphatic hydroxyl groups is 1. The van der Waals surface area contributed by atoms with Crippen molar-refractivity contribution in [3.63, 3.8) is 0 Å². The van der Waals surface area contributed by atoms with Crippen LogP contribution in [0.4, 0.5) is 4.79 Å². The van der Waals surface area contributed by atoms with E-state index >= 15 is 0 Å². The molecule has 1 heterocycles. The average molecular weight is 371 g/mol. The second kappa shape index (κ2) is 7.98. The van der Waals surface area contributed by atoms with Gasteiger partial charge in [0.2, 0.25) is 0 Å². The van der Waals surface area contributed by atoms with Crippen LogP contribution in [0.1, 0.15) is 31.1 Å². The molecule has 1 aliphatic heterocycles. The van der Waals surface area contributed by atoms with Gasteiger partial charge in [0, 0.05) is 0 Å². The summed E-state index contributed by atoms with van der Waals surface area (Å²) >= 11 is 0. The fraction of sp³-hybridized carbons (Fsp3) is 0.381. The summed E-state index contributed by atoms with van der Waals surface area (Å²) in [6, 6.07) is 16.0. The van der Waals surface area contributed by atoms with Crippen LogP contribution in [0, 0.1) is 0 Å². The van der Waals surface area contributed by atoms with E-state index in [-0.39, 0.29) is 13.2 Å². The summed E-state index contributed by atoms with van der Waals surface area (Å²) in [5.41, 5.74) is 0.713. The molecule has 1 N–H and O–H groups in total. The molecule has 2 unspecified atom stereocenters. The van der Waals surface area contributed by atoms with Crippen LogP contribution in [0.25, 0.3) is 0 Å². The lowest BCUT2D eigenvalue weighted by Gasteiger charge is -2.34. The minimum absolute atomic E-state index is 0.164. The number of methoxy groups -OCH3 is 1. The van der Waals surface area contributed by atoms with Gasteiger partial charge in [-0.05, 0) is 37.1 Å². The van der Waals surface area contributed by atoms with Crippen molar-refractivity contribution in [3.05, 3.63) is 65.7 Å². The van der Waals surface area contributed by atoms with Gasteiger partial charge in [-0.25, -0.2) is 4.79 Å². The Kier molecular flexibility index (Phi) is 5.68. The predicted octanol–water partition coefficient (Wildman–Crippen LogP) is 3.50. The molecule has 6 nitrogen and oxygen atoms in total. The molecule has 0 aliphatic carbocycles. The van der Waals surface area contributed by atoms with Gasteiger partial charge in [-0.1, -0.05) is 42.5 Å². The van der Waals surface area contributed by atoms with E-state index in [1.54, 1.807) is 45.2 Å². The number of rotatable bonds is 5. The summed E-state index contributed by atoms with van der Waals surface area (Å²) < 4.78 is 16.4. The molecule has 144 valence electrons. The first-order valence-corrected chi connectivity index (χ1v) is 8.88. The quantitative estimate of drug-likeness (QED) is 0.871. The largest absolute Gasteiger partial charge is 0.497 e. The van der Waals surface area contributed by atoms with Gasteiger partial charge in [0.05, 0.1) is 19.8 Å². The number of nitrogens with zero attached hydrogens (tertiary/aromatic N) is 1. The van der Waals surface area contributed by atoms with Crippen LogP contribution in [0.3, 0.4) is 0 Å². The Morgan fingerprint density at radius 1 is 1.22 bits per heavy atom. The van der Waals surface area contributed by atoms with Gasteiger partial charge in [0.25, 0.3) is 0 Å². The third-order valence-electron chi connectivity index (χ3n) is 4.74. The lowest BCUT2D eigenvalue weighted by Crippen LogP contribution is -2.50. The molecule has 2 aromatic rings. The SMILES string of the molecule is COc1ccc(C(O)C2COC(C)(C)N2C(=O)OCc2ccccc2)cc1. The maximum atomic E-state index is 12.8. The predicted molar refractivity (Wildman–Crippen MR) is 100 cm³/mol. The Morgan fingerprint density at radius 3 is 2.52 bits per heavy atom. The zero-order chi connectivity index (χ0) is 19.4. The molecule has 1 amide bonds. The van der Waals surface area contributed by atoms with Crippen molar-refractivity contribution < 1.29 is 24.1 Å². The van der Waals surface area contributed by atoms with Crippen molar-refractivity contribution in [1.82, 2.24) is 4.90 Å². The molecule has 1 fully saturated rings. The van der Waals surface area contributed by atoms with Crippen molar-refractivity contribution in [2.24, 2.45) is 0 Å². The Hall–Kier alpha value is -2.57. The van der Waals surface area contributed by atoms with Crippen LogP contribution in [0.2, 0.25) is 0 Å². The Bertz CT molecular complexity index is 760. The van der Waals surface area contributed by atoms with Crippen molar-refractivity contribution in [2.75, 3.05) is 13.7 Å². The summed E-state index contributed by atoms with van der Waals surface area (Å²) in [5.74, 6) is 0.702. The Balaban J connectivity index is 1.74. The molecule has 1 aliphatic rings. The average Bonchev–Trinajstić information content (AvgIpc) is 3.01. The summed E-state index contributed by atoms with van der Waals surface area (Å²) in [5, 5.41) is 10.9. The van der Waals surface area contributed by atoms with Crippen LogP contribution < -0.4 is 4.74 Å². The van der Waals surface area contributed by atoms with E-state index in [0.717, 1.165) is 5.56 Å². The normalized spacial score (nSPS) is 19.6. The van der Waals surface area contributed by atoms with Gasteiger partial charge < -0.3 is 19.3 Å². The first-order valence-electron chi connectivity index (χ1n) is 8.88. The lowest BCUT2D eigenvalue weighted by atomic mass is 10.0. The highest BCUT2D eigenvalue weighted by Crippen LogP contribution is 2.35. The number of amides is 1. The van der Waals surface area contributed by atoms with Gasteiger partial charge in [0.1, 0.15) is 24.2 Å². The summed E-state index contributed by atoms with van der Waals surface area (Å²) in [7, 11) is 1.59. The van der Waals surface area contributed by atoms with Gasteiger partial charge in [0.15, 0.2) is 0 Å². The number of carbonyl (C=O) groups is 1. The standard InChI is InChI=1S/C21H25NO5/c1-21(2)22(20(24)26-13-15-7-5-4-6-8-15)18(14-27-21)19(23)16-9-11-17(25-3)12-10-16/h4-12,18-19,23H,13-14H2,1-3H3. The summed E-state index contributed by atoms with van der Waals surface area (Å²) in [4.78, 5) is 14.3. The summed E-state index contributed by atoms with van der Waals surface area (Å²) in [6.07, 6.45) is -1.42. The monoisotopic (exact) mass is 371 g/mol. The molecule has 6 heteroatoms. The molecule has 0 radical (unpaired) electrons. The molecule has 0 saturated carbocycles. The van der Waals surface area contributed by atoms with Crippen LogP contribution in [-0.4, -0.2) is 41.6 Å². The zero-order valence-electron chi connectivity index (χ0n) is 15.8. The maximum Gasteiger partial charge on any atom is 0.412 e. The van der Waals surface area contributed by atoms with Gasteiger partial charge >= 0.3 is 6.09 Å². The highest BCUT2D eigenvalue weighted by molar-refractivity contribution is 5.69. The first-order chi connectivity index (χ1) is 12.9. The molecule has 1 saturated heterocycles. The van der Waals surface area contributed by atoms with Gasteiger partial charge in [-0.15, -0.1) is 0 Å². The van der Waals surface area contributed by atoms with Gasteiger partial charge in [-0.2, -0.15) is 0 Å². The number of hydrogen-bond donors (Lipinski definition) is 1. The molecular weight excluding hydrogens is 346 g/mol. The maximum absolute atomic E-state index is 12.8. The number of aliphatic hydroxyl groups excluding tert-OH is 1. The van der Waals surface area contributed by atoms with E-state index in [1.165, 1.54) is 4.90 Å². The van der Waals surface area contributed by atoms with E-state index in [9.17, 15) is 9.90 Å². The fourth-order valence-electron chi connectivity index (χ4n) is 3.23. The van der Waals surface area contributed by atoms with Crippen LogP contribution >= 0.6 is 0 Å². The van der Waals surface area contributed by atoms with Crippen LogP contribution in [-0.2, 0) is 16.1 Å². The highest BCUT2D eigenvalue weighted by atomic mass is 16.6. The molecule has 3 rings (SSSR count). The zero-order valence-corrected chi connectivity index (χ0v) is 15.8. The molecule has 2 atom stereocenters. The second-order valence-electron chi connectivity index (χ2n) is 6.95. The van der Waals surface area contributed by atoms with E-state index in [1.807, 2.05) is 30.3 Å². The molecule has 27 heavy (non-hydrogen) atoms. The fourth-order valence-corrected chi connectivity index (χ4v) is 3.23. The van der Waals surface area contributed by atoms with E-state index in [0.29, 0.717) is 11.3 Å². The highest BCUT2D eigenvalue weighted by Gasteiger charge is 2.48. The Morgan fingerprint density at radius 2 is 1.89 bits per heavy atom. The van der Waals surface area contributed by atoms with Crippen molar-refractivity contribution in [3.8, 4) is 5.75 Å². The minimum Gasteiger partial charge on any atom is -0.497 e. The molecular formula is C21H25NO5. The van der Waals surface area contributed by atoms with Gasteiger partial charge in [-0.3, -0.25) is 4.90 Å². The number of hydrogen-bond acceptors (Lipinski definition) is 5. The second-order valence-corrected chi connectivity index (χ2v) is 6.95. The van der Waals surface area contributed by atoms with Crippen LogP contribution in [0.15, 0.2) is 54.6 Å². The topological polar surface area (TPSA) is 68.2 Å². The first kappa shape index (κ1) is 19.2. The number of ether oxygens (including phenoxy) is 3. The van der Waals surface area contributed by atoms with Crippen molar-refractivity contribution in [1.29, 1.82) is 0 Å². The lowest BCUT2D eigenvalue weighted by molar-refractivity contribution is -0.0543. The molecule has 0 spiro atoms. The van der Waals surface area contributed by atoms with Crippen LogP contribution in [0.5, 0.6) is 5.75 Å². The molecule has 0 bridgehead atoms. The van der Waals surface area contributed by atoms with Crippen molar-refractivity contribution >= 4 is 6.09 Å². The molecule has 2 aromatic carbocycles. The Labute approximate surface area is 159 Å². The number of benzene rings is 2. The van der Waals surface area contributed by atoms with E-state index in [4.69, 9.17) is 14.2 Å². The van der Waals surface area contributed by atoms with E-state index in [2.05, 4.69) is 0 Å². The third kappa shape index (κ3) is 4.23. The summed E-state index contributed by atoms with van der Waals surface area (Å²) in [6.45, 7) is 3.97. The van der Waals surface area contributed by atoms with E-state index < -0.39 is 24.0 Å². The number of carbonyl (C=O) groups excluding carboxylic acids is 1.